The summed E-state index contributed by atoms with van der Waals surface area (Å²) in [5.41, 5.74) is 1.96. The highest BCUT2D eigenvalue weighted by Crippen LogP contribution is 2.39. The van der Waals surface area contributed by atoms with Crippen molar-refractivity contribution >= 4 is 0 Å². The third-order valence-corrected chi connectivity index (χ3v) is 4.62. The Hall–Kier alpha value is -2.28. The summed E-state index contributed by atoms with van der Waals surface area (Å²) in [5.74, 6) is 2.35. The van der Waals surface area contributed by atoms with Crippen LogP contribution in [-0.2, 0) is 14.2 Å². The molecule has 0 aliphatic carbocycles. The molecule has 2 aromatic rings. The van der Waals surface area contributed by atoms with Gasteiger partial charge in [0.2, 0.25) is 0 Å². The van der Waals surface area contributed by atoms with Crippen molar-refractivity contribution in [2.45, 2.75) is 18.3 Å². The van der Waals surface area contributed by atoms with Gasteiger partial charge < -0.3 is 28.4 Å². The van der Waals surface area contributed by atoms with E-state index in [0.717, 1.165) is 48.2 Å². The molecular formula is C21H22O6. The Balaban J connectivity index is 1.40. The van der Waals surface area contributed by atoms with Crippen molar-refractivity contribution in [1.29, 1.82) is 0 Å². The second-order valence-corrected chi connectivity index (χ2v) is 6.95. The monoisotopic (exact) mass is 370 g/mol. The van der Waals surface area contributed by atoms with E-state index in [-0.39, 0.29) is 18.3 Å². The molecule has 3 atom stereocenters. The van der Waals surface area contributed by atoms with Crippen LogP contribution in [-0.4, -0.2) is 58.0 Å². The lowest BCUT2D eigenvalue weighted by Crippen LogP contribution is -2.08. The Morgan fingerprint density at radius 3 is 1.89 bits per heavy atom. The molecule has 3 saturated heterocycles. The molecule has 27 heavy (non-hydrogen) atoms. The zero-order valence-corrected chi connectivity index (χ0v) is 15.0. The molecule has 0 amide bonds. The third kappa shape index (κ3) is 4.53. The Bertz CT molecular complexity index is 795. The Labute approximate surface area is 157 Å². The average Bonchev–Trinajstić information content (AvgIpc) is 3.57. The van der Waals surface area contributed by atoms with Crippen LogP contribution in [0, 0.1) is 0 Å². The van der Waals surface area contributed by atoms with Gasteiger partial charge in [-0.1, -0.05) is 18.2 Å². The van der Waals surface area contributed by atoms with E-state index in [9.17, 15) is 0 Å². The summed E-state index contributed by atoms with van der Waals surface area (Å²) in [6, 6.07) is 13.9. The first-order valence-electron chi connectivity index (χ1n) is 9.32. The highest BCUT2D eigenvalue weighted by atomic mass is 16.6. The summed E-state index contributed by atoms with van der Waals surface area (Å²) >= 11 is 0. The molecule has 0 radical (unpaired) electrons. The minimum absolute atomic E-state index is 0.181. The van der Waals surface area contributed by atoms with Crippen LogP contribution in [0.3, 0.4) is 0 Å². The number of para-hydroxylation sites is 1. The zero-order valence-electron chi connectivity index (χ0n) is 15.0. The SMILES string of the molecule is c1ccc(-c2ccc(OCC3CO3)cc2OCC2CO2)c(OCC2CO2)c1. The van der Waals surface area contributed by atoms with Crippen LogP contribution >= 0.6 is 0 Å². The van der Waals surface area contributed by atoms with Gasteiger partial charge in [0.15, 0.2) is 0 Å². The lowest BCUT2D eigenvalue weighted by molar-refractivity contribution is 0.252. The highest BCUT2D eigenvalue weighted by Gasteiger charge is 2.26. The molecule has 0 spiro atoms. The van der Waals surface area contributed by atoms with E-state index in [1.54, 1.807) is 0 Å². The standard InChI is InChI=1S/C21H22O6/c1-2-4-20(26-12-16-10-24-16)18(3-1)19-6-5-14(22-8-15-9-23-15)7-21(19)27-13-17-11-25-17/h1-7,15-17H,8-13H2. The summed E-state index contributed by atoms with van der Waals surface area (Å²) < 4.78 is 33.6. The summed E-state index contributed by atoms with van der Waals surface area (Å²) in [4.78, 5) is 0. The maximum Gasteiger partial charge on any atom is 0.131 e. The second-order valence-electron chi connectivity index (χ2n) is 6.95. The summed E-state index contributed by atoms with van der Waals surface area (Å²) in [6.07, 6.45) is 0.606. The molecular weight excluding hydrogens is 348 g/mol. The number of ether oxygens (including phenoxy) is 6. The fraction of sp³-hybridized carbons (Fsp3) is 0.429. The topological polar surface area (TPSA) is 65.3 Å². The highest BCUT2D eigenvalue weighted by molar-refractivity contribution is 5.76. The first kappa shape index (κ1) is 16.9. The molecule has 3 aliphatic rings. The van der Waals surface area contributed by atoms with Gasteiger partial charge >= 0.3 is 0 Å². The molecule has 3 heterocycles. The van der Waals surface area contributed by atoms with Crippen molar-refractivity contribution in [3.05, 3.63) is 42.5 Å². The van der Waals surface area contributed by atoms with Gasteiger partial charge in [0.25, 0.3) is 0 Å². The van der Waals surface area contributed by atoms with Gasteiger partial charge in [-0.15, -0.1) is 0 Å². The van der Waals surface area contributed by atoms with E-state index in [4.69, 9.17) is 28.4 Å². The van der Waals surface area contributed by atoms with Gasteiger partial charge in [-0.3, -0.25) is 0 Å². The van der Waals surface area contributed by atoms with E-state index in [2.05, 4.69) is 0 Å². The molecule has 6 nitrogen and oxygen atoms in total. The van der Waals surface area contributed by atoms with Crippen LogP contribution in [0.5, 0.6) is 17.2 Å². The minimum atomic E-state index is 0.181. The van der Waals surface area contributed by atoms with Crippen LogP contribution in [0.25, 0.3) is 11.1 Å². The van der Waals surface area contributed by atoms with Crippen molar-refractivity contribution < 1.29 is 28.4 Å². The number of hydrogen-bond donors (Lipinski definition) is 0. The van der Waals surface area contributed by atoms with Crippen LogP contribution in [0.1, 0.15) is 0 Å². The maximum absolute atomic E-state index is 6.06. The van der Waals surface area contributed by atoms with Crippen molar-refractivity contribution in [3.8, 4) is 28.4 Å². The zero-order chi connectivity index (χ0) is 18.1. The molecule has 0 N–H and O–H groups in total. The van der Waals surface area contributed by atoms with E-state index < -0.39 is 0 Å². The van der Waals surface area contributed by atoms with Gasteiger partial charge in [-0.05, 0) is 18.2 Å². The molecule has 0 saturated carbocycles. The minimum Gasteiger partial charge on any atom is -0.491 e. The summed E-state index contributed by atoms with van der Waals surface area (Å²) in [5, 5.41) is 0. The quantitative estimate of drug-likeness (QED) is 0.599. The van der Waals surface area contributed by atoms with Crippen LogP contribution < -0.4 is 14.2 Å². The molecule has 142 valence electrons. The Kier molecular flexibility index (Phi) is 4.61. The molecule has 3 fully saturated rings. The van der Waals surface area contributed by atoms with E-state index in [1.165, 1.54) is 0 Å². The number of rotatable bonds is 10. The van der Waals surface area contributed by atoms with Gasteiger partial charge in [0.05, 0.1) is 19.8 Å². The normalized spacial score (nSPS) is 25.0. The smallest absolute Gasteiger partial charge is 0.131 e. The largest absolute Gasteiger partial charge is 0.491 e. The predicted octanol–water partition coefficient (Wildman–Crippen LogP) is 2.69. The summed E-state index contributed by atoms with van der Waals surface area (Å²) in [6.45, 7) is 3.95. The van der Waals surface area contributed by atoms with Crippen LogP contribution in [0.4, 0.5) is 0 Å². The van der Waals surface area contributed by atoms with Crippen molar-refractivity contribution in [1.82, 2.24) is 0 Å². The first-order chi connectivity index (χ1) is 13.3. The van der Waals surface area contributed by atoms with E-state index in [1.807, 2.05) is 42.5 Å². The lowest BCUT2D eigenvalue weighted by Gasteiger charge is -2.16. The molecule has 3 aliphatic heterocycles. The Morgan fingerprint density at radius 1 is 0.667 bits per heavy atom. The number of benzene rings is 2. The number of hydrogen-bond acceptors (Lipinski definition) is 6. The van der Waals surface area contributed by atoms with E-state index >= 15 is 0 Å². The molecule has 3 unspecified atom stereocenters. The molecule has 0 bridgehead atoms. The third-order valence-electron chi connectivity index (χ3n) is 4.62. The van der Waals surface area contributed by atoms with Crippen molar-refractivity contribution in [2.24, 2.45) is 0 Å². The van der Waals surface area contributed by atoms with Crippen molar-refractivity contribution in [3.63, 3.8) is 0 Å². The van der Waals surface area contributed by atoms with Gasteiger partial charge in [0.1, 0.15) is 55.4 Å². The van der Waals surface area contributed by atoms with E-state index in [0.29, 0.717) is 19.8 Å². The van der Waals surface area contributed by atoms with Gasteiger partial charge in [-0.2, -0.15) is 0 Å². The number of epoxide rings is 3. The van der Waals surface area contributed by atoms with Crippen LogP contribution in [0.15, 0.2) is 42.5 Å². The predicted molar refractivity (Wildman–Crippen MR) is 97.6 cm³/mol. The lowest BCUT2D eigenvalue weighted by atomic mass is 10.0. The molecule has 6 heteroatoms. The maximum atomic E-state index is 6.06. The average molecular weight is 370 g/mol. The van der Waals surface area contributed by atoms with Crippen molar-refractivity contribution in [2.75, 3.05) is 39.6 Å². The molecule has 2 aromatic carbocycles. The fourth-order valence-corrected chi connectivity index (χ4v) is 2.80. The second kappa shape index (κ2) is 7.38. The summed E-state index contributed by atoms with van der Waals surface area (Å²) in [7, 11) is 0. The van der Waals surface area contributed by atoms with Gasteiger partial charge in [0, 0.05) is 17.2 Å². The molecule has 5 rings (SSSR count). The fourth-order valence-electron chi connectivity index (χ4n) is 2.80. The first-order valence-corrected chi connectivity index (χ1v) is 9.32. The Morgan fingerprint density at radius 2 is 1.22 bits per heavy atom. The van der Waals surface area contributed by atoms with Gasteiger partial charge in [-0.25, -0.2) is 0 Å². The molecule has 0 aromatic heterocycles. The van der Waals surface area contributed by atoms with Crippen LogP contribution in [0.2, 0.25) is 0 Å².